The molecule has 1 fully saturated rings. The van der Waals surface area contributed by atoms with Crippen molar-refractivity contribution in [2.24, 2.45) is 0 Å². The Morgan fingerprint density at radius 1 is 0.694 bits per heavy atom. The highest BCUT2D eigenvalue weighted by atomic mass is 16.6. The van der Waals surface area contributed by atoms with Crippen LogP contribution in [0.2, 0.25) is 0 Å². The molecule has 1 aliphatic rings. The number of carboxylic acids is 1. The number of hydrogen-bond donors (Lipinski definition) is 1. The molecule has 2 aromatic rings. The molecule has 0 aromatic heterocycles. The summed E-state index contributed by atoms with van der Waals surface area (Å²) >= 11 is 0. The van der Waals surface area contributed by atoms with Crippen molar-refractivity contribution in [1.82, 2.24) is 14.7 Å². The molecular weight excluding hydrogens is 466 g/mol. The fraction of sp³-hybridized carbons (Fsp3) is 0.423. The lowest BCUT2D eigenvalue weighted by atomic mass is 10.2. The smallest absolute Gasteiger partial charge is 0.410 e. The Hall–Kier alpha value is -3.63. The summed E-state index contributed by atoms with van der Waals surface area (Å²) in [6.07, 6.45) is -0.971. The minimum absolute atomic E-state index is 0.149. The van der Waals surface area contributed by atoms with E-state index in [1.807, 2.05) is 60.7 Å². The molecule has 1 aliphatic heterocycles. The number of ether oxygens (including phenoxy) is 3. The van der Waals surface area contributed by atoms with Crippen LogP contribution in [-0.4, -0.2) is 97.0 Å². The van der Waals surface area contributed by atoms with Gasteiger partial charge in [0.2, 0.25) is 0 Å². The maximum Gasteiger partial charge on any atom is 0.410 e. The van der Waals surface area contributed by atoms with E-state index in [1.54, 1.807) is 4.90 Å². The van der Waals surface area contributed by atoms with Crippen molar-refractivity contribution in [3.8, 4) is 0 Å². The lowest BCUT2D eigenvalue weighted by Gasteiger charge is -2.30. The average molecular weight is 500 g/mol. The molecule has 0 saturated carbocycles. The number of carbonyl (C=O) groups excluding carboxylic acids is 2. The van der Waals surface area contributed by atoms with E-state index in [-0.39, 0.29) is 59.2 Å². The van der Waals surface area contributed by atoms with Gasteiger partial charge in [-0.3, -0.25) is 9.69 Å². The van der Waals surface area contributed by atoms with Crippen LogP contribution in [0.3, 0.4) is 0 Å². The monoisotopic (exact) mass is 499 g/mol. The molecular formula is C26H33N3O7. The zero-order chi connectivity index (χ0) is 25.6. The summed E-state index contributed by atoms with van der Waals surface area (Å²) in [7, 11) is 0. The van der Waals surface area contributed by atoms with Crippen LogP contribution in [0, 0.1) is 0 Å². The Morgan fingerprint density at radius 3 is 1.56 bits per heavy atom. The lowest BCUT2D eigenvalue weighted by molar-refractivity contribution is -0.138. The van der Waals surface area contributed by atoms with Crippen LogP contribution < -0.4 is 0 Å². The Balaban J connectivity index is 1.56. The Morgan fingerprint density at radius 2 is 1.14 bits per heavy atom. The van der Waals surface area contributed by atoms with Crippen molar-refractivity contribution in [1.29, 1.82) is 0 Å². The van der Waals surface area contributed by atoms with E-state index in [4.69, 9.17) is 14.2 Å². The van der Waals surface area contributed by atoms with Crippen molar-refractivity contribution in [3.63, 3.8) is 0 Å². The third kappa shape index (κ3) is 9.55. The first kappa shape index (κ1) is 27.0. The van der Waals surface area contributed by atoms with Crippen LogP contribution >= 0.6 is 0 Å². The second-order valence-corrected chi connectivity index (χ2v) is 8.34. The molecule has 194 valence electrons. The Kier molecular flexibility index (Phi) is 11.0. The van der Waals surface area contributed by atoms with Gasteiger partial charge in [0.25, 0.3) is 0 Å². The van der Waals surface area contributed by atoms with Gasteiger partial charge >= 0.3 is 18.2 Å². The molecule has 0 atom stereocenters. The van der Waals surface area contributed by atoms with Crippen molar-refractivity contribution in [2.75, 3.05) is 59.0 Å². The standard InChI is InChI=1S/C26H33N3O7/c30-24(31)19-27-11-13-28(25(32)35-20-22-7-3-1-4-8-22)15-17-34-18-16-29(14-12-27)26(33)36-21-23-9-5-2-6-10-23/h1-10H,11-21H2,(H,30,31). The summed E-state index contributed by atoms with van der Waals surface area (Å²) in [5, 5.41) is 9.35. The summed E-state index contributed by atoms with van der Waals surface area (Å²) in [5.41, 5.74) is 1.76. The highest BCUT2D eigenvalue weighted by Crippen LogP contribution is 2.07. The number of carbonyl (C=O) groups is 3. The van der Waals surface area contributed by atoms with Crippen LogP contribution in [0.1, 0.15) is 11.1 Å². The fourth-order valence-electron chi connectivity index (χ4n) is 3.65. The SMILES string of the molecule is O=C(O)CN1CCN(C(=O)OCc2ccccc2)CCOCCN(C(=O)OCc2ccccc2)CC1. The predicted octanol–water partition coefficient (Wildman–Crippen LogP) is 2.68. The van der Waals surface area contributed by atoms with E-state index in [0.29, 0.717) is 13.1 Å². The molecule has 2 amide bonds. The maximum atomic E-state index is 12.7. The highest BCUT2D eigenvalue weighted by molar-refractivity contribution is 5.69. The molecule has 0 unspecified atom stereocenters. The molecule has 3 rings (SSSR count). The van der Waals surface area contributed by atoms with Gasteiger partial charge in [0.05, 0.1) is 19.8 Å². The molecule has 1 heterocycles. The Labute approximate surface area is 210 Å². The summed E-state index contributed by atoms with van der Waals surface area (Å²) in [6.45, 7) is 2.31. The van der Waals surface area contributed by atoms with E-state index < -0.39 is 18.2 Å². The maximum absolute atomic E-state index is 12.7. The molecule has 1 N–H and O–H groups in total. The zero-order valence-corrected chi connectivity index (χ0v) is 20.3. The van der Waals surface area contributed by atoms with Gasteiger partial charge in [0.1, 0.15) is 13.2 Å². The van der Waals surface area contributed by atoms with Crippen LogP contribution in [-0.2, 0) is 32.2 Å². The first-order valence-electron chi connectivity index (χ1n) is 11.9. The number of rotatable bonds is 6. The van der Waals surface area contributed by atoms with Gasteiger partial charge in [0, 0.05) is 39.3 Å². The van der Waals surface area contributed by atoms with Gasteiger partial charge in [-0.2, -0.15) is 0 Å². The van der Waals surface area contributed by atoms with Gasteiger partial charge in [-0.1, -0.05) is 60.7 Å². The van der Waals surface area contributed by atoms with Gasteiger partial charge in [-0.25, -0.2) is 9.59 Å². The van der Waals surface area contributed by atoms with Gasteiger partial charge < -0.3 is 29.1 Å². The van der Waals surface area contributed by atoms with E-state index in [0.717, 1.165) is 11.1 Å². The molecule has 0 spiro atoms. The van der Waals surface area contributed by atoms with E-state index >= 15 is 0 Å². The number of carboxylic acid groups (broad SMARTS) is 1. The minimum Gasteiger partial charge on any atom is -0.480 e. The molecule has 36 heavy (non-hydrogen) atoms. The summed E-state index contributed by atoms with van der Waals surface area (Å²) in [5.74, 6) is -0.984. The quantitative estimate of drug-likeness (QED) is 0.646. The summed E-state index contributed by atoms with van der Waals surface area (Å²) < 4.78 is 16.6. The van der Waals surface area contributed by atoms with E-state index in [9.17, 15) is 19.5 Å². The van der Waals surface area contributed by atoms with Crippen LogP contribution in [0.25, 0.3) is 0 Å². The minimum atomic E-state index is -0.984. The van der Waals surface area contributed by atoms with Crippen LogP contribution in [0.15, 0.2) is 60.7 Å². The van der Waals surface area contributed by atoms with E-state index in [2.05, 4.69) is 0 Å². The number of aliphatic carboxylic acids is 1. The summed E-state index contributed by atoms with van der Waals surface area (Å²) in [6, 6.07) is 18.8. The number of amides is 2. The molecule has 1 saturated heterocycles. The fourth-order valence-corrected chi connectivity index (χ4v) is 3.65. The zero-order valence-electron chi connectivity index (χ0n) is 20.3. The van der Waals surface area contributed by atoms with Crippen LogP contribution in [0.4, 0.5) is 9.59 Å². The highest BCUT2D eigenvalue weighted by Gasteiger charge is 2.22. The first-order valence-corrected chi connectivity index (χ1v) is 11.9. The molecule has 2 aromatic carbocycles. The van der Waals surface area contributed by atoms with Crippen molar-refractivity contribution in [2.45, 2.75) is 13.2 Å². The number of benzene rings is 2. The molecule has 0 radical (unpaired) electrons. The number of nitrogens with zero attached hydrogens (tertiary/aromatic N) is 3. The normalized spacial score (nSPS) is 15.9. The molecule has 0 bridgehead atoms. The third-order valence-corrected chi connectivity index (χ3v) is 5.67. The van der Waals surface area contributed by atoms with Crippen molar-refractivity contribution < 1.29 is 33.7 Å². The molecule has 10 nitrogen and oxygen atoms in total. The van der Waals surface area contributed by atoms with Gasteiger partial charge in [-0.15, -0.1) is 0 Å². The molecule has 0 aliphatic carbocycles. The van der Waals surface area contributed by atoms with E-state index in [1.165, 1.54) is 9.80 Å². The van der Waals surface area contributed by atoms with Crippen molar-refractivity contribution in [3.05, 3.63) is 71.8 Å². The number of hydrogen-bond acceptors (Lipinski definition) is 7. The largest absolute Gasteiger partial charge is 0.480 e. The summed E-state index contributed by atoms with van der Waals surface area (Å²) in [4.78, 5) is 41.5. The van der Waals surface area contributed by atoms with Crippen molar-refractivity contribution >= 4 is 18.2 Å². The first-order chi connectivity index (χ1) is 17.5. The topological polar surface area (TPSA) is 109 Å². The average Bonchev–Trinajstić information content (AvgIpc) is 2.88. The lowest BCUT2D eigenvalue weighted by Crippen LogP contribution is -2.46. The molecule has 10 heteroatoms. The van der Waals surface area contributed by atoms with Gasteiger partial charge in [0.15, 0.2) is 0 Å². The van der Waals surface area contributed by atoms with Crippen LogP contribution in [0.5, 0.6) is 0 Å². The Bertz CT molecular complexity index is 889. The second-order valence-electron chi connectivity index (χ2n) is 8.34. The predicted molar refractivity (Wildman–Crippen MR) is 131 cm³/mol. The second kappa shape index (κ2) is 14.7. The third-order valence-electron chi connectivity index (χ3n) is 5.67. The van der Waals surface area contributed by atoms with Gasteiger partial charge in [-0.05, 0) is 11.1 Å².